The third-order valence-corrected chi connectivity index (χ3v) is 3.08. The Bertz CT molecular complexity index is 298. The topological polar surface area (TPSA) is 83.9 Å². The summed E-state index contributed by atoms with van der Waals surface area (Å²) < 4.78 is 28.0. The van der Waals surface area contributed by atoms with Gasteiger partial charge in [-0.1, -0.05) is 0 Å². The molecule has 1 fully saturated rings. The average Bonchev–Trinajstić information content (AvgIpc) is 2.03. The molecule has 0 bridgehead atoms. The molecule has 1 aliphatic rings. The van der Waals surface area contributed by atoms with Crippen molar-refractivity contribution in [3.05, 3.63) is 0 Å². The summed E-state index contributed by atoms with van der Waals surface area (Å²) in [4.78, 5) is 10.6. The molecule has 13 heavy (non-hydrogen) atoms. The van der Waals surface area contributed by atoms with E-state index in [1.807, 2.05) is 0 Å². The molecule has 1 saturated heterocycles. The molecule has 0 aromatic rings. The van der Waals surface area contributed by atoms with Gasteiger partial charge in [0.25, 0.3) is 0 Å². The lowest BCUT2D eigenvalue weighted by atomic mass is 10.3. The normalized spacial score (nSPS) is 25.8. The highest BCUT2D eigenvalue weighted by Gasteiger charge is 2.34. The van der Waals surface area contributed by atoms with Gasteiger partial charge in [-0.05, 0) is 0 Å². The summed E-state index contributed by atoms with van der Waals surface area (Å²) >= 11 is 0. The fourth-order valence-electron chi connectivity index (χ4n) is 1.18. The van der Waals surface area contributed by atoms with Gasteiger partial charge in [-0.15, -0.1) is 0 Å². The number of carbonyl (C=O) groups is 1. The number of nitrogens with zero attached hydrogens (tertiary/aromatic N) is 1. The fraction of sp³-hybridized carbons (Fsp3) is 0.833. The predicted molar refractivity (Wildman–Crippen MR) is 43.8 cm³/mol. The Balaban J connectivity index is 2.86. The van der Waals surface area contributed by atoms with E-state index in [4.69, 9.17) is 9.84 Å². The van der Waals surface area contributed by atoms with Gasteiger partial charge in [0, 0.05) is 6.54 Å². The summed E-state index contributed by atoms with van der Waals surface area (Å²) in [6.45, 7) is 0.273. The van der Waals surface area contributed by atoms with E-state index < -0.39 is 22.0 Å². The third-order valence-electron chi connectivity index (χ3n) is 1.79. The van der Waals surface area contributed by atoms with Crippen LogP contribution < -0.4 is 0 Å². The van der Waals surface area contributed by atoms with Crippen LogP contribution in [0.3, 0.4) is 0 Å². The molecule has 0 spiro atoms. The van der Waals surface area contributed by atoms with Crippen LogP contribution in [0.15, 0.2) is 0 Å². The number of aliphatic carboxylic acids is 1. The SMILES string of the molecule is CS(=O)(=O)N1CCOCC1C(=O)O. The van der Waals surface area contributed by atoms with E-state index >= 15 is 0 Å². The molecule has 0 saturated carbocycles. The van der Waals surface area contributed by atoms with E-state index in [0.717, 1.165) is 10.6 Å². The van der Waals surface area contributed by atoms with Crippen LogP contribution >= 0.6 is 0 Å². The summed E-state index contributed by atoms with van der Waals surface area (Å²) in [5, 5.41) is 8.69. The first kappa shape index (κ1) is 10.4. The second kappa shape index (κ2) is 3.60. The maximum Gasteiger partial charge on any atom is 0.324 e. The Morgan fingerprint density at radius 2 is 2.23 bits per heavy atom. The van der Waals surface area contributed by atoms with E-state index in [9.17, 15) is 13.2 Å². The lowest BCUT2D eigenvalue weighted by Crippen LogP contribution is -2.52. The Labute approximate surface area is 76.1 Å². The number of hydrogen-bond donors (Lipinski definition) is 1. The maximum absolute atomic E-state index is 11.1. The van der Waals surface area contributed by atoms with Crippen molar-refractivity contribution >= 4 is 16.0 Å². The van der Waals surface area contributed by atoms with Gasteiger partial charge >= 0.3 is 5.97 Å². The van der Waals surface area contributed by atoms with Crippen molar-refractivity contribution in [3.63, 3.8) is 0 Å². The molecule has 76 valence electrons. The molecule has 0 aromatic heterocycles. The highest BCUT2D eigenvalue weighted by molar-refractivity contribution is 7.88. The molecule has 7 heteroatoms. The van der Waals surface area contributed by atoms with Crippen molar-refractivity contribution in [1.82, 2.24) is 4.31 Å². The van der Waals surface area contributed by atoms with E-state index in [0.29, 0.717) is 0 Å². The molecule has 1 atom stereocenters. The molecule has 1 aliphatic heterocycles. The van der Waals surface area contributed by atoms with Crippen LogP contribution in [0.4, 0.5) is 0 Å². The van der Waals surface area contributed by atoms with E-state index in [2.05, 4.69) is 0 Å². The molecule has 0 aliphatic carbocycles. The number of rotatable bonds is 2. The van der Waals surface area contributed by atoms with Gasteiger partial charge in [0.2, 0.25) is 10.0 Å². The van der Waals surface area contributed by atoms with Gasteiger partial charge in [0.05, 0.1) is 19.5 Å². The summed E-state index contributed by atoms with van der Waals surface area (Å²) in [5.74, 6) is -1.18. The van der Waals surface area contributed by atoms with Crippen LogP contribution in [-0.4, -0.2) is 55.9 Å². The quantitative estimate of drug-likeness (QED) is 0.613. The molecule has 1 unspecified atom stereocenters. The molecule has 0 radical (unpaired) electrons. The van der Waals surface area contributed by atoms with Crippen LogP contribution in [0.2, 0.25) is 0 Å². The van der Waals surface area contributed by atoms with Crippen molar-refractivity contribution in [3.8, 4) is 0 Å². The zero-order chi connectivity index (χ0) is 10.1. The van der Waals surface area contributed by atoms with Gasteiger partial charge in [-0.25, -0.2) is 8.42 Å². The summed E-state index contributed by atoms with van der Waals surface area (Å²) in [6, 6.07) is -1.08. The smallest absolute Gasteiger partial charge is 0.324 e. The minimum atomic E-state index is -3.45. The van der Waals surface area contributed by atoms with Crippen molar-refractivity contribution in [2.45, 2.75) is 6.04 Å². The largest absolute Gasteiger partial charge is 0.480 e. The number of ether oxygens (including phenoxy) is 1. The Morgan fingerprint density at radius 1 is 1.62 bits per heavy atom. The van der Waals surface area contributed by atoms with Crippen molar-refractivity contribution in [2.24, 2.45) is 0 Å². The standard InChI is InChI=1S/C6H11NO5S/c1-13(10,11)7-2-3-12-4-5(7)6(8)9/h5H,2-4H2,1H3,(H,8,9). The summed E-state index contributed by atoms with van der Waals surface area (Å²) in [7, 11) is -3.45. The molecular formula is C6H11NO5S. The van der Waals surface area contributed by atoms with E-state index in [1.54, 1.807) is 0 Å². The number of sulfonamides is 1. The maximum atomic E-state index is 11.1. The van der Waals surface area contributed by atoms with E-state index in [1.165, 1.54) is 0 Å². The number of carboxylic acid groups (broad SMARTS) is 1. The molecule has 6 nitrogen and oxygen atoms in total. The zero-order valence-electron chi connectivity index (χ0n) is 7.13. The Kier molecular flexibility index (Phi) is 2.89. The third kappa shape index (κ3) is 2.39. The van der Waals surface area contributed by atoms with Crippen LogP contribution in [0.1, 0.15) is 0 Å². The van der Waals surface area contributed by atoms with Gasteiger partial charge in [0.15, 0.2) is 0 Å². The van der Waals surface area contributed by atoms with Crippen LogP contribution in [0.5, 0.6) is 0 Å². The molecule has 1 rings (SSSR count). The first-order chi connectivity index (χ1) is 5.93. The second-order valence-electron chi connectivity index (χ2n) is 2.80. The molecule has 1 N–H and O–H groups in total. The molecule has 0 aromatic carbocycles. The van der Waals surface area contributed by atoms with Gasteiger partial charge in [-0.3, -0.25) is 4.79 Å². The highest BCUT2D eigenvalue weighted by atomic mass is 32.2. The lowest BCUT2D eigenvalue weighted by molar-refractivity contribution is -0.146. The second-order valence-corrected chi connectivity index (χ2v) is 4.74. The van der Waals surface area contributed by atoms with Gasteiger partial charge < -0.3 is 9.84 Å². The van der Waals surface area contributed by atoms with Crippen molar-refractivity contribution < 1.29 is 23.1 Å². The highest BCUT2D eigenvalue weighted by Crippen LogP contribution is 2.10. The van der Waals surface area contributed by atoms with Crippen molar-refractivity contribution in [1.29, 1.82) is 0 Å². The van der Waals surface area contributed by atoms with Gasteiger partial charge in [-0.2, -0.15) is 4.31 Å². The van der Waals surface area contributed by atoms with Crippen LogP contribution in [-0.2, 0) is 19.6 Å². The van der Waals surface area contributed by atoms with Crippen LogP contribution in [0.25, 0.3) is 0 Å². The molecular weight excluding hydrogens is 198 g/mol. The van der Waals surface area contributed by atoms with Gasteiger partial charge in [0.1, 0.15) is 6.04 Å². The Morgan fingerprint density at radius 3 is 2.62 bits per heavy atom. The first-order valence-corrected chi connectivity index (χ1v) is 5.55. The fourth-order valence-corrected chi connectivity index (χ4v) is 2.20. The Hall–Kier alpha value is -0.660. The first-order valence-electron chi connectivity index (χ1n) is 3.70. The molecule has 0 amide bonds. The number of carboxylic acids is 1. The lowest BCUT2D eigenvalue weighted by Gasteiger charge is -2.30. The minimum Gasteiger partial charge on any atom is -0.480 e. The summed E-state index contributed by atoms with van der Waals surface area (Å²) in [6.07, 6.45) is 0.994. The van der Waals surface area contributed by atoms with Crippen molar-refractivity contribution in [2.75, 3.05) is 26.0 Å². The van der Waals surface area contributed by atoms with Crippen LogP contribution in [0, 0.1) is 0 Å². The monoisotopic (exact) mass is 209 g/mol. The minimum absolute atomic E-state index is 0.0809. The number of hydrogen-bond acceptors (Lipinski definition) is 4. The van der Waals surface area contributed by atoms with E-state index in [-0.39, 0.29) is 19.8 Å². The zero-order valence-corrected chi connectivity index (χ0v) is 7.95. The number of morpholine rings is 1. The average molecular weight is 209 g/mol. The summed E-state index contributed by atoms with van der Waals surface area (Å²) in [5.41, 5.74) is 0. The predicted octanol–water partition coefficient (Wildman–Crippen LogP) is -1.27. The molecule has 1 heterocycles.